The van der Waals surface area contributed by atoms with Crippen molar-refractivity contribution in [3.8, 4) is 0 Å². The molecule has 28 heavy (non-hydrogen) atoms. The number of alkyl halides is 3. The largest absolute Gasteiger partial charge is 0.435 e. The first-order valence-electron chi connectivity index (χ1n) is 8.14. The highest BCUT2D eigenvalue weighted by Gasteiger charge is 2.39. The molecule has 0 atom stereocenters. The molecule has 0 aliphatic carbocycles. The van der Waals surface area contributed by atoms with E-state index in [-0.39, 0.29) is 41.5 Å². The van der Waals surface area contributed by atoms with Crippen molar-refractivity contribution < 1.29 is 27.6 Å². The van der Waals surface area contributed by atoms with Crippen molar-refractivity contribution in [2.24, 2.45) is 0 Å². The number of ether oxygens (including phenoxy) is 1. The third kappa shape index (κ3) is 4.09. The number of amides is 1. The number of rotatable bonds is 5. The molecule has 0 saturated heterocycles. The molecule has 1 aromatic heterocycles. The minimum atomic E-state index is -4.59. The molecule has 1 amide bonds. The number of carbonyl (C=O) groups is 1. The fourth-order valence-corrected chi connectivity index (χ4v) is 3.15. The third-order valence-corrected chi connectivity index (χ3v) is 4.49. The van der Waals surface area contributed by atoms with Gasteiger partial charge in [0, 0.05) is 36.4 Å². The molecule has 12 heteroatoms. The fourth-order valence-electron chi connectivity index (χ4n) is 2.89. The molecular weight excluding hydrogens is 405 g/mol. The number of carbonyl (C=O) groups excluding carboxylic acids is 1. The number of fused-ring (bicyclic) bond motifs is 1. The van der Waals surface area contributed by atoms with Crippen LogP contribution < -0.4 is 5.32 Å². The maximum Gasteiger partial charge on any atom is 0.435 e. The van der Waals surface area contributed by atoms with Crippen LogP contribution in [-0.4, -0.2) is 33.8 Å². The Morgan fingerprint density at radius 1 is 1.43 bits per heavy atom. The van der Waals surface area contributed by atoms with Gasteiger partial charge in [-0.25, -0.2) is 0 Å². The van der Waals surface area contributed by atoms with Crippen LogP contribution in [0.5, 0.6) is 0 Å². The van der Waals surface area contributed by atoms with E-state index in [2.05, 4.69) is 10.4 Å². The van der Waals surface area contributed by atoms with E-state index in [1.54, 1.807) is 0 Å². The molecular formula is C16H14ClF3N4O4. The number of non-ortho nitro benzene ring substituents is 1. The molecule has 150 valence electrons. The summed E-state index contributed by atoms with van der Waals surface area (Å²) in [7, 11) is 0. The summed E-state index contributed by atoms with van der Waals surface area (Å²) in [5, 5.41) is 16.8. The second-order valence-electron chi connectivity index (χ2n) is 5.97. The van der Waals surface area contributed by atoms with Crippen LogP contribution in [0.1, 0.15) is 27.3 Å². The van der Waals surface area contributed by atoms with Gasteiger partial charge in [-0.2, -0.15) is 18.3 Å². The van der Waals surface area contributed by atoms with Gasteiger partial charge in [0.25, 0.3) is 11.6 Å². The standard InChI is InChI=1S/C16H14ClF3N4O4/c17-12-7-9(24(26)27)1-2-10(12)15(25)21-4-5-23-13-3-6-28-8-11(13)14(22-23)16(18,19)20/h1-2,7H,3-6,8H2,(H,21,25). The van der Waals surface area contributed by atoms with Crippen LogP contribution in [0, 0.1) is 10.1 Å². The molecule has 0 unspecified atom stereocenters. The first kappa shape index (κ1) is 20.1. The van der Waals surface area contributed by atoms with Gasteiger partial charge >= 0.3 is 6.18 Å². The highest BCUT2D eigenvalue weighted by molar-refractivity contribution is 6.34. The average Bonchev–Trinajstić information content (AvgIpc) is 3.00. The Kier molecular flexibility index (Phi) is 5.57. The van der Waals surface area contributed by atoms with E-state index >= 15 is 0 Å². The van der Waals surface area contributed by atoms with Crippen molar-refractivity contribution in [3.63, 3.8) is 0 Å². The Bertz CT molecular complexity index is 929. The molecule has 0 spiro atoms. The molecule has 1 aromatic carbocycles. The second-order valence-corrected chi connectivity index (χ2v) is 6.38. The van der Waals surface area contributed by atoms with Crippen molar-refractivity contribution in [1.29, 1.82) is 0 Å². The molecule has 3 rings (SSSR count). The summed E-state index contributed by atoms with van der Waals surface area (Å²) in [6, 6.07) is 3.40. The lowest BCUT2D eigenvalue weighted by atomic mass is 10.1. The van der Waals surface area contributed by atoms with Gasteiger partial charge in [0.05, 0.1) is 35.3 Å². The van der Waals surface area contributed by atoms with Gasteiger partial charge in [0.1, 0.15) is 0 Å². The number of nitro benzene ring substituents is 1. The zero-order valence-electron chi connectivity index (χ0n) is 14.3. The highest BCUT2D eigenvalue weighted by atomic mass is 35.5. The van der Waals surface area contributed by atoms with Crippen LogP contribution in [0.2, 0.25) is 5.02 Å². The van der Waals surface area contributed by atoms with Gasteiger partial charge in [0.15, 0.2) is 5.69 Å². The van der Waals surface area contributed by atoms with Crippen LogP contribution in [0.3, 0.4) is 0 Å². The minimum Gasteiger partial charge on any atom is -0.376 e. The molecule has 2 aromatic rings. The third-order valence-electron chi connectivity index (χ3n) is 4.18. The maximum atomic E-state index is 13.1. The van der Waals surface area contributed by atoms with Crippen LogP contribution in [0.15, 0.2) is 18.2 Å². The summed E-state index contributed by atoms with van der Waals surface area (Å²) in [6.45, 7) is 0.156. The number of hydrogen-bond donors (Lipinski definition) is 1. The Morgan fingerprint density at radius 2 is 2.18 bits per heavy atom. The van der Waals surface area contributed by atoms with Crippen molar-refractivity contribution in [1.82, 2.24) is 15.1 Å². The number of aromatic nitrogens is 2. The van der Waals surface area contributed by atoms with E-state index in [1.165, 1.54) is 10.7 Å². The number of nitrogens with one attached hydrogen (secondary N) is 1. The second kappa shape index (κ2) is 7.76. The Balaban J connectivity index is 1.69. The molecule has 1 N–H and O–H groups in total. The molecule has 0 saturated carbocycles. The smallest absolute Gasteiger partial charge is 0.376 e. The normalized spacial score (nSPS) is 13.9. The molecule has 2 heterocycles. The van der Waals surface area contributed by atoms with Crippen molar-refractivity contribution in [2.45, 2.75) is 25.7 Å². The van der Waals surface area contributed by atoms with Crippen LogP contribution in [0.25, 0.3) is 0 Å². The fraction of sp³-hybridized carbons (Fsp3) is 0.375. The summed E-state index contributed by atoms with van der Waals surface area (Å²) in [6.07, 6.45) is -4.30. The number of hydrogen-bond acceptors (Lipinski definition) is 5. The van der Waals surface area contributed by atoms with E-state index in [4.69, 9.17) is 16.3 Å². The monoisotopic (exact) mass is 418 g/mol. The van der Waals surface area contributed by atoms with Crippen molar-refractivity contribution >= 4 is 23.2 Å². The summed E-state index contributed by atoms with van der Waals surface area (Å²) in [4.78, 5) is 22.3. The van der Waals surface area contributed by atoms with Crippen molar-refractivity contribution in [2.75, 3.05) is 13.2 Å². The summed E-state index contributed by atoms with van der Waals surface area (Å²) >= 11 is 5.89. The van der Waals surface area contributed by atoms with E-state index in [0.717, 1.165) is 12.1 Å². The van der Waals surface area contributed by atoms with Crippen LogP contribution in [0.4, 0.5) is 18.9 Å². The number of benzene rings is 1. The van der Waals surface area contributed by atoms with Crippen molar-refractivity contribution in [3.05, 3.63) is 55.9 Å². The lowest BCUT2D eigenvalue weighted by Gasteiger charge is -2.15. The first-order chi connectivity index (χ1) is 13.2. The Labute approximate surface area is 161 Å². The van der Waals surface area contributed by atoms with Gasteiger partial charge in [-0.3, -0.25) is 19.6 Å². The molecule has 8 nitrogen and oxygen atoms in total. The quantitative estimate of drug-likeness (QED) is 0.594. The topological polar surface area (TPSA) is 99.3 Å². The molecule has 0 radical (unpaired) electrons. The van der Waals surface area contributed by atoms with E-state index in [9.17, 15) is 28.1 Å². The molecule has 1 aliphatic rings. The van der Waals surface area contributed by atoms with Gasteiger partial charge in [-0.05, 0) is 6.07 Å². The zero-order chi connectivity index (χ0) is 20.5. The predicted octanol–water partition coefficient (Wildman–Crippen LogP) is 2.97. The lowest BCUT2D eigenvalue weighted by molar-refractivity contribution is -0.384. The summed E-state index contributed by atoms with van der Waals surface area (Å²) in [5.74, 6) is -0.597. The van der Waals surface area contributed by atoms with Gasteiger partial charge in [0.2, 0.25) is 0 Å². The summed E-state index contributed by atoms with van der Waals surface area (Å²) in [5.41, 5.74) is -0.762. The first-order valence-corrected chi connectivity index (χ1v) is 8.52. The number of nitrogens with zero attached hydrogens (tertiary/aromatic N) is 3. The predicted molar refractivity (Wildman–Crippen MR) is 91.0 cm³/mol. The maximum absolute atomic E-state index is 13.1. The zero-order valence-corrected chi connectivity index (χ0v) is 15.0. The molecule has 0 fully saturated rings. The summed E-state index contributed by atoms with van der Waals surface area (Å²) < 4.78 is 45.7. The van der Waals surface area contributed by atoms with Crippen LogP contribution >= 0.6 is 11.6 Å². The van der Waals surface area contributed by atoms with Gasteiger partial charge in [-0.15, -0.1) is 0 Å². The molecule has 1 aliphatic heterocycles. The van der Waals surface area contributed by atoms with E-state index in [1.807, 2.05) is 0 Å². The van der Waals surface area contributed by atoms with Gasteiger partial charge in [-0.1, -0.05) is 11.6 Å². The van der Waals surface area contributed by atoms with Gasteiger partial charge < -0.3 is 10.1 Å². The van der Waals surface area contributed by atoms with Crippen LogP contribution in [-0.2, 0) is 30.5 Å². The average molecular weight is 419 g/mol. The lowest BCUT2D eigenvalue weighted by Crippen LogP contribution is -2.28. The minimum absolute atomic E-state index is 0.00156. The molecule has 0 bridgehead atoms. The SMILES string of the molecule is O=C(NCCn1nc(C(F)(F)F)c2c1CCOC2)c1ccc([N+](=O)[O-])cc1Cl. The Morgan fingerprint density at radius 3 is 2.82 bits per heavy atom. The Hall–Kier alpha value is -2.66. The van der Waals surface area contributed by atoms with E-state index < -0.39 is 22.7 Å². The van der Waals surface area contributed by atoms with E-state index in [0.29, 0.717) is 18.7 Å². The highest BCUT2D eigenvalue weighted by Crippen LogP contribution is 2.34. The number of nitro groups is 1. The number of halogens is 4.